The summed E-state index contributed by atoms with van der Waals surface area (Å²) in [6, 6.07) is 0. The van der Waals surface area contributed by atoms with Crippen LogP contribution in [-0.2, 0) is 6.42 Å². The fraction of sp³-hybridized carbons (Fsp3) is 0.250. The number of thiocarbonyl (C=S) groups is 1. The Labute approximate surface area is 52.1 Å². The Balaban J connectivity index is 2.62. The maximum Gasteiger partial charge on any atom is 0.0877 e. The van der Waals surface area contributed by atoms with Gasteiger partial charge in [0.1, 0.15) is 0 Å². The molecule has 0 saturated heterocycles. The highest BCUT2D eigenvalue weighted by molar-refractivity contribution is 7.78. The molecule has 0 amide bonds. The lowest BCUT2D eigenvalue weighted by Crippen LogP contribution is -1.82. The molecule has 0 spiro atoms. The Hall–Kier alpha value is -0.770. The molecular formula is C4H4N3S. The summed E-state index contributed by atoms with van der Waals surface area (Å²) in [5.41, 5.74) is 0.833. The molecule has 1 rings (SSSR count). The average molecular weight is 126 g/mol. The molecule has 8 heavy (non-hydrogen) atoms. The van der Waals surface area contributed by atoms with Crippen LogP contribution in [0.5, 0.6) is 0 Å². The molecule has 1 heterocycles. The van der Waals surface area contributed by atoms with E-state index in [0.29, 0.717) is 6.42 Å². The van der Waals surface area contributed by atoms with Gasteiger partial charge in [0.15, 0.2) is 0 Å². The largest absolute Gasteiger partial charge is 0.265 e. The highest BCUT2D eigenvalue weighted by Crippen LogP contribution is 1.85. The number of rotatable bonds is 2. The first-order valence-electron chi connectivity index (χ1n) is 2.14. The van der Waals surface area contributed by atoms with Crippen molar-refractivity contribution in [2.75, 3.05) is 0 Å². The first kappa shape index (κ1) is 5.37. The van der Waals surface area contributed by atoms with Crippen LogP contribution in [0.2, 0.25) is 0 Å². The molecule has 0 aliphatic rings. The van der Waals surface area contributed by atoms with E-state index in [2.05, 4.69) is 33.0 Å². The maximum atomic E-state index is 4.47. The second-order valence-electron chi connectivity index (χ2n) is 1.29. The Morgan fingerprint density at radius 2 is 2.75 bits per heavy atom. The summed E-state index contributed by atoms with van der Waals surface area (Å²) >= 11 is 4.47. The zero-order valence-electron chi connectivity index (χ0n) is 4.09. The molecule has 0 saturated carbocycles. The third-order valence-electron chi connectivity index (χ3n) is 0.721. The minimum Gasteiger partial charge on any atom is -0.265 e. The quantitative estimate of drug-likeness (QED) is 0.576. The van der Waals surface area contributed by atoms with E-state index in [9.17, 15) is 0 Å². The Kier molecular flexibility index (Phi) is 1.69. The molecule has 0 unspecified atom stereocenters. The van der Waals surface area contributed by atoms with Crippen LogP contribution in [-0.4, -0.2) is 20.8 Å². The van der Waals surface area contributed by atoms with E-state index in [1.54, 1.807) is 6.20 Å². The van der Waals surface area contributed by atoms with Crippen molar-refractivity contribution < 1.29 is 0 Å². The number of nitrogens with one attached hydrogen (secondary N) is 1. The van der Waals surface area contributed by atoms with Gasteiger partial charge in [-0.3, -0.25) is 5.10 Å². The summed E-state index contributed by atoms with van der Waals surface area (Å²) in [5, 5.41) is 12.2. The lowest BCUT2D eigenvalue weighted by atomic mass is 10.4. The van der Waals surface area contributed by atoms with Crippen LogP contribution >= 0.6 is 12.2 Å². The zero-order chi connectivity index (χ0) is 5.82. The van der Waals surface area contributed by atoms with Gasteiger partial charge in [-0.2, -0.15) is 0 Å². The van der Waals surface area contributed by atoms with Crippen molar-refractivity contribution in [3.8, 4) is 0 Å². The Bertz CT molecular complexity index is 158. The van der Waals surface area contributed by atoms with E-state index >= 15 is 0 Å². The summed E-state index contributed by atoms with van der Waals surface area (Å²) in [5.74, 6) is 0. The van der Waals surface area contributed by atoms with Crippen molar-refractivity contribution in [2.45, 2.75) is 6.42 Å². The molecular weight excluding hydrogens is 122 g/mol. The Morgan fingerprint density at radius 3 is 3.25 bits per heavy atom. The minimum atomic E-state index is 0.589. The first-order chi connectivity index (χ1) is 3.93. The fourth-order valence-corrected chi connectivity index (χ4v) is 0.534. The molecule has 0 bridgehead atoms. The van der Waals surface area contributed by atoms with Gasteiger partial charge in [-0.1, -0.05) is 17.4 Å². The van der Waals surface area contributed by atoms with Crippen LogP contribution < -0.4 is 0 Å². The van der Waals surface area contributed by atoms with E-state index < -0.39 is 0 Å². The molecule has 0 aliphatic heterocycles. The second-order valence-corrected chi connectivity index (χ2v) is 1.57. The molecule has 4 heteroatoms. The normalized spacial score (nSPS) is 9.00. The van der Waals surface area contributed by atoms with Crippen molar-refractivity contribution >= 4 is 17.6 Å². The van der Waals surface area contributed by atoms with E-state index in [4.69, 9.17) is 0 Å². The van der Waals surface area contributed by atoms with Gasteiger partial charge in [-0.25, -0.2) is 0 Å². The maximum absolute atomic E-state index is 4.47. The predicted octanol–water partition coefficient (Wildman–Crippen LogP) is 0.224. The molecule has 0 atom stereocenters. The zero-order valence-corrected chi connectivity index (χ0v) is 4.90. The molecule has 41 valence electrons. The lowest BCUT2D eigenvalue weighted by molar-refractivity contribution is 0.924. The number of hydrogen-bond acceptors (Lipinski definition) is 3. The molecule has 1 aromatic heterocycles. The van der Waals surface area contributed by atoms with Crippen molar-refractivity contribution in [1.29, 1.82) is 0 Å². The number of hydrogen-bond donors (Lipinski definition) is 1. The smallest absolute Gasteiger partial charge is 0.0877 e. The standard InChI is InChI=1S/C4H4N3S/c8-2-1-4-3-5-7-6-4/h3H,1H2,(H,5,6,7). The topological polar surface area (TPSA) is 41.6 Å². The van der Waals surface area contributed by atoms with Gasteiger partial charge in [-0.15, -0.1) is 5.10 Å². The summed E-state index contributed by atoms with van der Waals surface area (Å²) in [4.78, 5) is 0. The average Bonchev–Trinajstić information content (AvgIpc) is 2.19. The highest BCUT2D eigenvalue weighted by Gasteiger charge is 1.88. The van der Waals surface area contributed by atoms with E-state index in [0.717, 1.165) is 5.69 Å². The third-order valence-corrected chi connectivity index (χ3v) is 0.865. The van der Waals surface area contributed by atoms with E-state index in [1.807, 2.05) is 0 Å². The summed E-state index contributed by atoms with van der Waals surface area (Å²) in [6.45, 7) is 0. The molecule has 1 radical (unpaired) electrons. The van der Waals surface area contributed by atoms with Crippen LogP contribution in [0.3, 0.4) is 0 Å². The SMILES string of the molecule is S=[C]Cc1c[nH]nn1. The van der Waals surface area contributed by atoms with Gasteiger partial charge in [0.2, 0.25) is 0 Å². The van der Waals surface area contributed by atoms with Gasteiger partial charge in [-0.05, 0) is 0 Å². The van der Waals surface area contributed by atoms with Crippen LogP contribution in [0, 0.1) is 0 Å². The van der Waals surface area contributed by atoms with Gasteiger partial charge >= 0.3 is 0 Å². The fourth-order valence-electron chi connectivity index (χ4n) is 0.386. The Morgan fingerprint density at radius 1 is 1.88 bits per heavy atom. The lowest BCUT2D eigenvalue weighted by Gasteiger charge is -1.75. The molecule has 1 N–H and O–H groups in total. The minimum absolute atomic E-state index is 0.589. The molecule has 0 aromatic carbocycles. The highest BCUT2D eigenvalue weighted by atomic mass is 32.1. The van der Waals surface area contributed by atoms with Crippen molar-refractivity contribution in [1.82, 2.24) is 15.4 Å². The summed E-state index contributed by atoms with van der Waals surface area (Å²) in [6.07, 6.45) is 2.28. The van der Waals surface area contributed by atoms with Crippen LogP contribution in [0.25, 0.3) is 0 Å². The molecule has 3 nitrogen and oxygen atoms in total. The monoisotopic (exact) mass is 126 g/mol. The van der Waals surface area contributed by atoms with Crippen LogP contribution in [0.4, 0.5) is 0 Å². The van der Waals surface area contributed by atoms with E-state index in [-0.39, 0.29) is 0 Å². The number of aromatic amines is 1. The van der Waals surface area contributed by atoms with Gasteiger partial charge < -0.3 is 0 Å². The van der Waals surface area contributed by atoms with Gasteiger partial charge in [0.25, 0.3) is 0 Å². The number of nitrogens with zero attached hydrogens (tertiary/aromatic N) is 2. The molecule has 1 aromatic rings. The number of aromatic nitrogens is 3. The first-order valence-corrected chi connectivity index (χ1v) is 2.54. The van der Waals surface area contributed by atoms with Crippen molar-refractivity contribution in [3.05, 3.63) is 11.9 Å². The summed E-state index contributed by atoms with van der Waals surface area (Å²) < 4.78 is 0. The van der Waals surface area contributed by atoms with E-state index in [1.165, 1.54) is 0 Å². The van der Waals surface area contributed by atoms with Crippen LogP contribution in [0.15, 0.2) is 6.20 Å². The second kappa shape index (κ2) is 2.52. The van der Waals surface area contributed by atoms with Gasteiger partial charge in [0, 0.05) is 18.0 Å². The molecule has 0 aliphatic carbocycles. The van der Waals surface area contributed by atoms with Crippen molar-refractivity contribution in [3.63, 3.8) is 0 Å². The van der Waals surface area contributed by atoms with Crippen LogP contribution in [0.1, 0.15) is 5.69 Å². The predicted molar refractivity (Wildman–Crippen MR) is 32.7 cm³/mol. The molecule has 0 fully saturated rings. The third kappa shape index (κ3) is 1.10. The van der Waals surface area contributed by atoms with Crippen molar-refractivity contribution in [2.24, 2.45) is 0 Å². The van der Waals surface area contributed by atoms with Gasteiger partial charge in [0.05, 0.1) is 5.69 Å². The number of H-pyrrole nitrogens is 1. The summed E-state index contributed by atoms with van der Waals surface area (Å²) in [7, 11) is 0.